The van der Waals surface area contributed by atoms with Crippen molar-refractivity contribution in [1.29, 1.82) is 0 Å². The number of rotatable bonds is 2. The number of oxime groups is 1. The maximum absolute atomic E-state index is 5.97. The van der Waals surface area contributed by atoms with Crippen LogP contribution in [0.1, 0.15) is 38.3 Å². The van der Waals surface area contributed by atoms with Gasteiger partial charge in [-0.3, -0.25) is 0 Å². The van der Waals surface area contributed by atoms with E-state index in [1.54, 1.807) is 0 Å². The van der Waals surface area contributed by atoms with Gasteiger partial charge in [0.2, 0.25) is 0 Å². The van der Waals surface area contributed by atoms with E-state index in [2.05, 4.69) is 43.9 Å². The lowest BCUT2D eigenvalue weighted by Crippen LogP contribution is -2.39. The van der Waals surface area contributed by atoms with Crippen molar-refractivity contribution in [3.63, 3.8) is 0 Å². The number of benzene rings is 1. The molecule has 0 radical (unpaired) electrons. The second-order valence-corrected chi connectivity index (χ2v) is 11.6. The van der Waals surface area contributed by atoms with Crippen molar-refractivity contribution in [2.45, 2.75) is 51.7 Å². The molecule has 1 aromatic carbocycles. The summed E-state index contributed by atoms with van der Waals surface area (Å²) < 4.78 is 5.97. The Balaban J connectivity index is 2.23. The lowest BCUT2D eigenvalue weighted by molar-refractivity contribution is 0.307. The average Bonchev–Trinajstić information content (AvgIpc) is 2.77. The fraction of sp³-hybridized carbons (Fsp3) is 0.500. The van der Waals surface area contributed by atoms with E-state index in [4.69, 9.17) is 11.1 Å². The van der Waals surface area contributed by atoms with Gasteiger partial charge in [0.25, 0.3) is 14.9 Å². The molecule has 0 unspecified atom stereocenters. The van der Waals surface area contributed by atoms with E-state index < -0.39 is 8.32 Å². The Kier molecular flexibility index (Phi) is 3.75. The summed E-state index contributed by atoms with van der Waals surface area (Å²) in [5.41, 5.74) is 4.30. The van der Waals surface area contributed by atoms with E-state index in [0.717, 1.165) is 24.2 Å². The largest absolute Gasteiger partial charge is 0.455 e. The van der Waals surface area contributed by atoms with Gasteiger partial charge in [-0.25, -0.2) is 0 Å². The molecule has 0 saturated carbocycles. The first kappa shape index (κ1) is 14.8. The zero-order valence-electron chi connectivity index (χ0n) is 13.0. The van der Waals surface area contributed by atoms with Crippen molar-refractivity contribution in [1.82, 2.24) is 0 Å². The molecule has 1 aromatic rings. The molecule has 1 aliphatic rings. The van der Waals surface area contributed by atoms with Crippen LogP contribution in [-0.2, 0) is 10.9 Å². The van der Waals surface area contributed by atoms with Crippen LogP contribution in [0.4, 0.5) is 5.69 Å². The first-order chi connectivity index (χ1) is 9.24. The minimum atomic E-state index is -1.84. The maximum atomic E-state index is 5.97. The summed E-state index contributed by atoms with van der Waals surface area (Å²) in [6, 6.07) is 6.00. The maximum Gasteiger partial charge on any atom is 0.340 e. The predicted octanol–water partition coefficient (Wildman–Crippen LogP) is 4.95. The van der Waals surface area contributed by atoms with Gasteiger partial charge in [0.1, 0.15) is 0 Å². The second kappa shape index (κ2) is 5.06. The van der Waals surface area contributed by atoms with Crippen LogP contribution in [0.15, 0.2) is 23.4 Å². The van der Waals surface area contributed by atoms with Gasteiger partial charge in [0.15, 0.2) is 0 Å². The zero-order valence-corrected chi connectivity index (χ0v) is 14.0. The van der Waals surface area contributed by atoms with Gasteiger partial charge in [0, 0.05) is 17.7 Å². The Morgan fingerprint density at radius 1 is 1.25 bits per heavy atom. The standard InChI is InChI=1S/C16H23N2OSi/c1-16(2,3)20(5,6)19-18-15-10-7-12-11-13(17-4)8-9-14(12)15/h4,8-9,11H,7,10H2,1-3,5-6H3/q+1. The minimum Gasteiger partial charge on any atom is -0.455 e. The normalized spacial score (nSPS) is 16.9. The number of nitrogens with zero attached hydrogens (tertiary/aromatic N) is 2. The lowest BCUT2D eigenvalue weighted by Gasteiger charge is -2.33. The molecule has 0 atom stereocenters. The molecule has 0 amide bonds. The second-order valence-electron chi connectivity index (χ2n) is 6.86. The highest BCUT2D eigenvalue weighted by Gasteiger charge is 2.40. The fourth-order valence-corrected chi connectivity index (χ4v) is 2.55. The summed E-state index contributed by atoms with van der Waals surface area (Å²) in [5.74, 6) is 0. The molecule has 4 heteroatoms. The highest BCUT2D eigenvalue weighted by atomic mass is 28.4. The van der Waals surface area contributed by atoms with Crippen LogP contribution in [0.5, 0.6) is 0 Å². The first-order valence-corrected chi connectivity index (χ1v) is 9.95. The van der Waals surface area contributed by atoms with Crippen molar-refractivity contribution >= 4 is 19.7 Å². The van der Waals surface area contributed by atoms with Crippen LogP contribution in [0.25, 0.3) is 4.85 Å². The van der Waals surface area contributed by atoms with E-state index in [1.807, 2.05) is 18.2 Å². The summed E-state index contributed by atoms with van der Waals surface area (Å²) in [6.07, 6.45) is 1.91. The van der Waals surface area contributed by atoms with Gasteiger partial charge < -0.3 is 4.53 Å². The molecule has 106 valence electrons. The molecular weight excluding hydrogens is 264 g/mol. The summed E-state index contributed by atoms with van der Waals surface area (Å²) >= 11 is 0. The number of hydrogen-bond acceptors (Lipinski definition) is 2. The van der Waals surface area contributed by atoms with E-state index >= 15 is 0 Å². The van der Waals surface area contributed by atoms with E-state index in [-0.39, 0.29) is 5.04 Å². The quantitative estimate of drug-likeness (QED) is 0.558. The van der Waals surface area contributed by atoms with Gasteiger partial charge >= 0.3 is 5.69 Å². The van der Waals surface area contributed by atoms with E-state index in [9.17, 15) is 0 Å². The molecule has 0 bridgehead atoms. The zero-order chi connectivity index (χ0) is 15.0. The van der Waals surface area contributed by atoms with Gasteiger partial charge in [-0.2, -0.15) is 0 Å². The number of fused-ring (bicyclic) bond motifs is 1. The molecule has 0 spiro atoms. The molecular formula is C16H23N2OSi+. The fourth-order valence-electron chi connectivity index (χ4n) is 1.94. The third-order valence-corrected chi connectivity index (χ3v) is 8.53. The Bertz CT molecular complexity index is 591. The molecule has 0 aromatic heterocycles. The summed E-state index contributed by atoms with van der Waals surface area (Å²) in [6.45, 7) is 16.4. The SMILES string of the molecule is C#[N+]c1ccc2c(c1)CCC2=NO[Si](C)(C)C(C)(C)C. The molecule has 20 heavy (non-hydrogen) atoms. The highest BCUT2D eigenvalue weighted by Crippen LogP contribution is 2.37. The molecule has 2 rings (SSSR count). The van der Waals surface area contributed by atoms with Crippen molar-refractivity contribution in [2.75, 3.05) is 0 Å². The lowest BCUT2D eigenvalue weighted by atomic mass is 10.1. The summed E-state index contributed by atoms with van der Waals surface area (Å²) in [7, 11) is -1.84. The number of aryl methyl sites for hydroxylation is 1. The van der Waals surface area contributed by atoms with Gasteiger partial charge in [0.05, 0.1) is 5.71 Å². The number of hydrogen-bond donors (Lipinski definition) is 0. The summed E-state index contributed by atoms with van der Waals surface area (Å²) in [5, 5.41) is 4.64. The van der Waals surface area contributed by atoms with Crippen LogP contribution < -0.4 is 0 Å². The van der Waals surface area contributed by atoms with Crippen molar-refractivity contribution in [3.05, 3.63) is 34.2 Å². The average molecular weight is 287 g/mol. The van der Waals surface area contributed by atoms with Crippen LogP contribution in [0.3, 0.4) is 0 Å². The molecule has 1 aliphatic carbocycles. The van der Waals surface area contributed by atoms with Crippen LogP contribution in [-0.4, -0.2) is 14.0 Å². The molecule has 0 saturated heterocycles. The Morgan fingerprint density at radius 2 is 1.95 bits per heavy atom. The van der Waals surface area contributed by atoms with Crippen LogP contribution >= 0.6 is 0 Å². The Labute approximate surface area is 122 Å². The Morgan fingerprint density at radius 3 is 2.55 bits per heavy atom. The minimum absolute atomic E-state index is 0.167. The molecule has 3 nitrogen and oxygen atoms in total. The first-order valence-electron chi connectivity index (χ1n) is 7.04. The highest BCUT2D eigenvalue weighted by molar-refractivity contribution is 6.74. The molecule has 0 heterocycles. The Hall–Kier alpha value is -1.60. The molecule has 0 aliphatic heterocycles. The molecule has 0 N–H and O–H groups in total. The third kappa shape index (κ3) is 2.78. The predicted molar refractivity (Wildman–Crippen MR) is 87.5 cm³/mol. The monoisotopic (exact) mass is 287 g/mol. The van der Waals surface area contributed by atoms with Gasteiger partial charge in [-0.15, -0.1) is 5.16 Å². The van der Waals surface area contributed by atoms with Gasteiger partial charge in [-0.1, -0.05) is 20.8 Å². The van der Waals surface area contributed by atoms with Crippen molar-refractivity contribution in [2.24, 2.45) is 5.16 Å². The summed E-state index contributed by atoms with van der Waals surface area (Å²) in [4.78, 5) is 3.73. The molecule has 0 fully saturated rings. The smallest absolute Gasteiger partial charge is 0.340 e. The van der Waals surface area contributed by atoms with E-state index in [0.29, 0.717) is 0 Å². The van der Waals surface area contributed by atoms with Crippen molar-refractivity contribution < 1.29 is 4.53 Å². The van der Waals surface area contributed by atoms with Crippen molar-refractivity contribution in [3.8, 4) is 6.57 Å². The van der Waals surface area contributed by atoms with E-state index in [1.165, 1.54) is 11.1 Å². The van der Waals surface area contributed by atoms with Gasteiger partial charge in [-0.05, 0) is 47.4 Å². The van der Waals surface area contributed by atoms with Crippen LogP contribution in [0.2, 0.25) is 18.1 Å². The van der Waals surface area contributed by atoms with Crippen LogP contribution in [0, 0.1) is 6.57 Å². The third-order valence-electron chi connectivity index (χ3n) is 4.37. The topological polar surface area (TPSA) is 25.9 Å².